The lowest BCUT2D eigenvalue weighted by Crippen LogP contribution is -2.51. The lowest BCUT2D eigenvalue weighted by Gasteiger charge is -2.39. The van der Waals surface area contributed by atoms with Crippen molar-refractivity contribution >= 4 is 0 Å². The van der Waals surface area contributed by atoms with Crippen LogP contribution in [0.5, 0.6) is 0 Å². The molecule has 5 heteroatoms. The van der Waals surface area contributed by atoms with Crippen LogP contribution in [0.15, 0.2) is 29.2 Å². The molecule has 1 aromatic rings. The van der Waals surface area contributed by atoms with Gasteiger partial charge in [-0.3, -0.25) is 14.6 Å². The minimum atomic E-state index is 0.0881. The summed E-state index contributed by atoms with van der Waals surface area (Å²) in [5, 5.41) is 0. The summed E-state index contributed by atoms with van der Waals surface area (Å²) in [5.74, 6) is 0. The number of rotatable bonds is 7. The molecule has 2 rings (SSSR count). The van der Waals surface area contributed by atoms with E-state index in [0.717, 1.165) is 52.2 Å². The van der Waals surface area contributed by atoms with Crippen LogP contribution in [0, 0.1) is 0 Å². The molecule has 0 saturated carbocycles. The van der Waals surface area contributed by atoms with E-state index in [9.17, 15) is 4.79 Å². The van der Waals surface area contributed by atoms with Gasteiger partial charge in [-0.1, -0.05) is 13.0 Å². The van der Waals surface area contributed by atoms with Crippen molar-refractivity contribution in [2.24, 2.45) is 5.73 Å². The topological polar surface area (TPSA) is 54.5 Å². The molecule has 0 bridgehead atoms. The smallest absolute Gasteiger partial charge is 0.250 e. The first-order valence-corrected chi connectivity index (χ1v) is 8.06. The zero-order chi connectivity index (χ0) is 15.1. The summed E-state index contributed by atoms with van der Waals surface area (Å²) in [6.07, 6.45) is 4.14. The fourth-order valence-electron chi connectivity index (χ4n) is 3.08. The number of nitrogens with two attached hydrogens (primary N) is 1. The number of piperazine rings is 1. The van der Waals surface area contributed by atoms with Gasteiger partial charge in [0.25, 0.3) is 5.56 Å². The van der Waals surface area contributed by atoms with E-state index in [4.69, 9.17) is 5.73 Å². The van der Waals surface area contributed by atoms with Crippen LogP contribution >= 0.6 is 0 Å². The molecule has 2 N–H and O–H groups in total. The van der Waals surface area contributed by atoms with Gasteiger partial charge in [-0.05, 0) is 25.5 Å². The highest BCUT2D eigenvalue weighted by Gasteiger charge is 2.21. The molecule has 1 saturated heterocycles. The van der Waals surface area contributed by atoms with Crippen LogP contribution in [0.1, 0.15) is 19.8 Å². The van der Waals surface area contributed by atoms with E-state index in [2.05, 4.69) is 16.7 Å². The minimum absolute atomic E-state index is 0.0881. The first-order valence-electron chi connectivity index (χ1n) is 8.06. The Labute approximate surface area is 127 Å². The highest BCUT2D eigenvalue weighted by Crippen LogP contribution is 2.11. The van der Waals surface area contributed by atoms with Crippen molar-refractivity contribution in [1.82, 2.24) is 14.4 Å². The Bertz CT molecular complexity index is 465. The average molecular weight is 292 g/mol. The van der Waals surface area contributed by atoms with Gasteiger partial charge in [0.05, 0.1) is 0 Å². The highest BCUT2D eigenvalue weighted by atomic mass is 16.1. The molecule has 0 amide bonds. The third-order valence-electron chi connectivity index (χ3n) is 4.45. The van der Waals surface area contributed by atoms with Crippen LogP contribution in [0.3, 0.4) is 0 Å². The fourth-order valence-corrected chi connectivity index (χ4v) is 3.08. The van der Waals surface area contributed by atoms with Gasteiger partial charge < -0.3 is 10.3 Å². The lowest BCUT2D eigenvalue weighted by molar-refractivity contribution is 0.0889. The second kappa shape index (κ2) is 8.32. The Balaban J connectivity index is 1.77. The van der Waals surface area contributed by atoms with Gasteiger partial charge in [0.2, 0.25) is 0 Å². The summed E-state index contributed by atoms with van der Waals surface area (Å²) in [5.41, 5.74) is 5.78. The highest BCUT2D eigenvalue weighted by molar-refractivity contribution is 4.93. The van der Waals surface area contributed by atoms with Crippen molar-refractivity contribution in [3.8, 4) is 0 Å². The van der Waals surface area contributed by atoms with Gasteiger partial charge in [-0.25, -0.2) is 0 Å². The first-order chi connectivity index (χ1) is 10.2. The Morgan fingerprint density at radius 1 is 1.19 bits per heavy atom. The Kier molecular flexibility index (Phi) is 6.42. The van der Waals surface area contributed by atoms with E-state index in [1.165, 1.54) is 6.42 Å². The van der Waals surface area contributed by atoms with Gasteiger partial charge in [0, 0.05) is 57.6 Å². The van der Waals surface area contributed by atoms with E-state index in [-0.39, 0.29) is 5.56 Å². The standard InChI is InChI=1S/C16H28N4O/c1-2-15(6-7-17)19-12-9-18(10-13-19)11-14-20-8-4-3-5-16(20)21/h3-5,8,15H,2,6-7,9-14,17H2,1H3. The second-order valence-corrected chi connectivity index (χ2v) is 5.75. The van der Waals surface area contributed by atoms with Gasteiger partial charge in [0.1, 0.15) is 0 Å². The number of pyridine rings is 1. The van der Waals surface area contributed by atoms with Crippen LogP contribution in [0.4, 0.5) is 0 Å². The molecular formula is C16H28N4O. The molecule has 0 aromatic carbocycles. The maximum Gasteiger partial charge on any atom is 0.250 e. The molecule has 1 aliphatic rings. The van der Waals surface area contributed by atoms with Crippen molar-refractivity contribution in [2.45, 2.75) is 32.4 Å². The largest absolute Gasteiger partial charge is 0.330 e. The first kappa shape index (κ1) is 16.2. The minimum Gasteiger partial charge on any atom is -0.330 e. The van der Waals surface area contributed by atoms with Gasteiger partial charge in [-0.2, -0.15) is 0 Å². The third-order valence-corrected chi connectivity index (χ3v) is 4.45. The van der Waals surface area contributed by atoms with Crippen LogP contribution < -0.4 is 11.3 Å². The van der Waals surface area contributed by atoms with Crippen LogP contribution in [-0.2, 0) is 6.54 Å². The van der Waals surface area contributed by atoms with Gasteiger partial charge in [-0.15, -0.1) is 0 Å². The predicted octanol–water partition coefficient (Wildman–Crippen LogP) is 0.593. The van der Waals surface area contributed by atoms with Crippen molar-refractivity contribution in [2.75, 3.05) is 39.3 Å². The summed E-state index contributed by atoms with van der Waals surface area (Å²) < 4.78 is 1.79. The molecule has 118 valence electrons. The molecule has 0 spiro atoms. The van der Waals surface area contributed by atoms with Crippen molar-refractivity contribution in [3.63, 3.8) is 0 Å². The zero-order valence-electron chi connectivity index (χ0n) is 13.1. The number of hydrogen-bond acceptors (Lipinski definition) is 4. The zero-order valence-corrected chi connectivity index (χ0v) is 13.1. The molecule has 1 aromatic heterocycles. The molecule has 0 aliphatic carbocycles. The summed E-state index contributed by atoms with van der Waals surface area (Å²) in [6.45, 7) is 9.14. The SMILES string of the molecule is CCC(CCN)N1CCN(CCn2ccccc2=O)CC1. The van der Waals surface area contributed by atoms with E-state index >= 15 is 0 Å². The molecule has 1 fully saturated rings. The van der Waals surface area contributed by atoms with E-state index in [0.29, 0.717) is 6.04 Å². The van der Waals surface area contributed by atoms with Crippen LogP contribution in [0.25, 0.3) is 0 Å². The Hall–Kier alpha value is -1.17. The summed E-state index contributed by atoms with van der Waals surface area (Å²) >= 11 is 0. The number of aromatic nitrogens is 1. The Morgan fingerprint density at radius 3 is 2.57 bits per heavy atom. The fraction of sp³-hybridized carbons (Fsp3) is 0.688. The Morgan fingerprint density at radius 2 is 1.95 bits per heavy atom. The second-order valence-electron chi connectivity index (χ2n) is 5.75. The van der Waals surface area contributed by atoms with Crippen LogP contribution in [0.2, 0.25) is 0 Å². The quantitative estimate of drug-likeness (QED) is 0.799. The number of hydrogen-bond donors (Lipinski definition) is 1. The summed E-state index contributed by atoms with van der Waals surface area (Å²) in [6, 6.07) is 5.96. The predicted molar refractivity (Wildman–Crippen MR) is 86.5 cm³/mol. The van der Waals surface area contributed by atoms with E-state index in [1.54, 1.807) is 16.7 Å². The van der Waals surface area contributed by atoms with Crippen molar-refractivity contribution in [1.29, 1.82) is 0 Å². The molecule has 1 unspecified atom stereocenters. The maximum atomic E-state index is 11.7. The number of nitrogens with zero attached hydrogens (tertiary/aromatic N) is 3. The molecule has 5 nitrogen and oxygen atoms in total. The van der Waals surface area contributed by atoms with Crippen molar-refractivity contribution < 1.29 is 0 Å². The van der Waals surface area contributed by atoms with E-state index in [1.807, 2.05) is 12.3 Å². The molecule has 1 atom stereocenters. The third kappa shape index (κ3) is 4.66. The van der Waals surface area contributed by atoms with Gasteiger partial charge in [0.15, 0.2) is 0 Å². The normalized spacial score (nSPS) is 18.8. The van der Waals surface area contributed by atoms with Crippen molar-refractivity contribution in [3.05, 3.63) is 34.7 Å². The average Bonchev–Trinajstić information content (AvgIpc) is 2.52. The molecule has 1 aliphatic heterocycles. The van der Waals surface area contributed by atoms with Gasteiger partial charge >= 0.3 is 0 Å². The summed E-state index contributed by atoms with van der Waals surface area (Å²) in [7, 11) is 0. The molecule has 0 radical (unpaired) electrons. The van der Waals surface area contributed by atoms with E-state index < -0.39 is 0 Å². The lowest BCUT2D eigenvalue weighted by atomic mass is 10.1. The molecule has 2 heterocycles. The maximum absolute atomic E-state index is 11.7. The monoisotopic (exact) mass is 292 g/mol. The molecule has 21 heavy (non-hydrogen) atoms. The summed E-state index contributed by atoms with van der Waals surface area (Å²) in [4.78, 5) is 16.7. The van der Waals surface area contributed by atoms with Crippen LogP contribution in [-0.4, -0.2) is 59.7 Å². The molecular weight excluding hydrogens is 264 g/mol.